The molecule has 0 spiro atoms. The van der Waals surface area contributed by atoms with Crippen molar-refractivity contribution >= 4 is 23.7 Å². The standard InChI is InChI=1S/C24H24N2O7/c27-21(26-24(30)25-16-5-1-2-6-16)14-33-23(29)18-8-4-3-7-17(18)22(28)15-9-10-19-20(13-15)32-12-11-31-19/h3-4,7-10,13,16H,1-2,5-6,11-12,14H2,(H2,25,26,27,30). The molecule has 1 aliphatic carbocycles. The van der Waals surface area contributed by atoms with Crippen molar-refractivity contribution in [3.05, 3.63) is 59.2 Å². The van der Waals surface area contributed by atoms with Crippen LogP contribution in [0.2, 0.25) is 0 Å². The maximum Gasteiger partial charge on any atom is 0.339 e. The number of ether oxygens (including phenoxy) is 3. The second-order valence-electron chi connectivity index (χ2n) is 7.81. The molecule has 0 atom stereocenters. The highest BCUT2D eigenvalue weighted by Crippen LogP contribution is 2.31. The molecule has 0 aromatic heterocycles. The van der Waals surface area contributed by atoms with Crippen LogP contribution < -0.4 is 20.1 Å². The zero-order valence-electron chi connectivity index (χ0n) is 17.9. The monoisotopic (exact) mass is 452 g/mol. The average Bonchev–Trinajstić information content (AvgIpc) is 3.34. The number of ketones is 1. The molecule has 9 heteroatoms. The number of rotatable bonds is 6. The van der Waals surface area contributed by atoms with Crippen molar-refractivity contribution in [3.63, 3.8) is 0 Å². The molecule has 0 saturated heterocycles. The van der Waals surface area contributed by atoms with Crippen molar-refractivity contribution in [1.82, 2.24) is 10.6 Å². The van der Waals surface area contributed by atoms with Crippen molar-refractivity contribution in [2.45, 2.75) is 31.7 Å². The van der Waals surface area contributed by atoms with Crippen LogP contribution in [0, 0.1) is 0 Å². The fourth-order valence-corrected chi connectivity index (χ4v) is 3.86. The third-order valence-corrected chi connectivity index (χ3v) is 5.47. The van der Waals surface area contributed by atoms with Gasteiger partial charge in [0.25, 0.3) is 5.91 Å². The number of carbonyl (C=O) groups is 4. The lowest BCUT2D eigenvalue weighted by atomic mass is 9.98. The van der Waals surface area contributed by atoms with Crippen LogP contribution in [0.1, 0.15) is 52.0 Å². The molecule has 2 aromatic carbocycles. The number of hydrogen-bond donors (Lipinski definition) is 2. The van der Waals surface area contributed by atoms with Crippen LogP contribution in [-0.4, -0.2) is 49.6 Å². The van der Waals surface area contributed by atoms with Crippen LogP contribution in [0.3, 0.4) is 0 Å². The van der Waals surface area contributed by atoms with Crippen LogP contribution in [0.4, 0.5) is 4.79 Å². The van der Waals surface area contributed by atoms with Crippen molar-refractivity contribution in [2.75, 3.05) is 19.8 Å². The quantitative estimate of drug-likeness (QED) is 0.511. The highest BCUT2D eigenvalue weighted by atomic mass is 16.6. The van der Waals surface area contributed by atoms with Gasteiger partial charge in [-0.05, 0) is 37.1 Å². The lowest BCUT2D eigenvalue weighted by molar-refractivity contribution is -0.123. The van der Waals surface area contributed by atoms with Gasteiger partial charge in [0, 0.05) is 17.2 Å². The van der Waals surface area contributed by atoms with Gasteiger partial charge >= 0.3 is 12.0 Å². The van der Waals surface area contributed by atoms with E-state index in [-0.39, 0.29) is 17.2 Å². The van der Waals surface area contributed by atoms with Gasteiger partial charge in [-0.15, -0.1) is 0 Å². The molecular weight excluding hydrogens is 428 g/mol. The van der Waals surface area contributed by atoms with E-state index in [9.17, 15) is 19.2 Å². The van der Waals surface area contributed by atoms with Gasteiger partial charge < -0.3 is 19.5 Å². The van der Waals surface area contributed by atoms with Gasteiger partial charge in [0.2, 0.25) is 0 Å². The smallest absolute Gasteiger partial charge is 0.339 e. The minimum absolute atomic E-state index is 0.0144. The second-order valence-corrected chi connectivity index (χ2v) is 7.81. The molecule has 1 heterocycles. The summed E-state index contributed by atoms with van der Waals surface area (Å²) in [6.45, 7) is 0.169. The molecular formula is C24H24N2O7. The number of esters is 1. The Morgan fingerprint density at radius 2 is 1.61 bits per heavy atom. The van der Waals surface area contributed by atoms with Crippen LogP contribution in [0.15, 0.2) is 42.5 Å². The molecule has 172 valence electrons. The van der Waals surface area contributed by atoms with E-state index in [1.54, 1.807) is 30.3 Å². The lowest BCUT2D eigenvalue weighted by Gasteiger charge is -2.18. The number of urea groups is 1. The minimum atomic E-state index is -0.845. The third-order valence-electron chi connectivity index (χ3n) is 5.47. The van der Waals surface area contributed by atoms with Gasteiger partial charge in [0.05, 0.1) is 5.56 Å². The molecule has 33 heavy (non-hydrogen) atoms. The number of imide groups is 1. The van der Waals surface area contributed by atoms with Crippen LogP contribution >= 0.6 is 0 Å². The molecule has 4 rings (SSSR count). The van der Waals surface area contributed by atoms with Crippen LogP contribution in [0.25, 0.3) is 0 Å². The Morgan fingerprint density at radius 3 is 2.36 bits per heavy atom. The van der Waals surface area contributed by atoms with Crippen molar-refractivity contribution < 1.29 is 33.4 Å². The van der Waals surface area contributed by atoms with Gasteiger partial charge in [-0.1, -0.05) is 31.0 Å². The van der Waals surface area contributed by atoms with Gasteiger partial charge in [-0.2, -0.15) is 0 Å². The molecule has 9 nitrogen and oxygen atoms in total. The normalized spacial score (nSPS) is 14.9. The summed E-state index contributed by atoms with van der Waals surface area (Å²) in [6.07, 6.45) is 3.84. The fraction of sp³-hybridized carbons (Fsp3) is 0.333. The molecule has 1 fully saturated rings. The van der Waals surface area contributed by atoms with E-state index in [2.05, 4.69) is 10.6 Å². The van der Waals surface area contributed by atoms with Crippen molar-refractivity contribution in [1.29, 1.82) is 0 Å². The number of fused-ring (bicyclic) bond motifs is 1. The topological polar surface area (TPSA) is 120 Å². The Morgan fingerprint density at radius 1 is 0.909 bits per heavy atom. The van der Waals surface area contributed by atoms with E-state index in [1.165, 1.54) is 12.1 Å². The maximum atomic E-state index is 13.1. The Bertz CT molecular complexity index is 1080. The van der Waals surface area contributed by atoms with Gasteiger partial charge in [-0.3, -0.25) is 14.9 Å². The Kier molecular flexibility index (Phi) is 6.87. The number of carbonyl (C=O) groups excluding carboxylic acids is 4. The van der Waals surface area contributed by atoms with Crippen LogP contribution in [-0.2, 0) is 9.53 Å². The van der Waals surface area contributed by atoms with E-state index in [1.807, 2.05) is 0 Å². The van der Waals surface area contributed by atoms with Crippen molar-refractivity contribution in [3.8, 4) is 11.5 Å². The molecule has 2 aliphatic rings. The van der Waals surface area contributed by atoms with Gasteiger partial charge in [0.15, 0.2) is 23.9 Å². The summed E-state index contributed by atoms with van der Waals surface area (Å²) in [5.41, 5.74) is 0.458. The Balaban J connectivity index is 1.38. The molecule has 2 aromatic rings. The predicted molar refractivity (Wildman–Crippen MR) is 117 cm³/mol. The molecule has 0 radical (unpaired) electrons. The number of nitrogens with one attached hydrogen (secondary N) is 2. The van der Waals surface area contributed by atoms with E-state index in [4.69, 9.17) is 14.2 Å². The predicted octanol–water partition coefficient (Wildman–Crippen LogP) is 2.61. The SMILES string of the molecule is O=C(COC(=O)c1ccccc1C(=O)c1ccc2c(c1)OCCO2)NC(=O)NC1CCCC1. The van der Waals surface area contributed by atoms with E-state index >= 15 is 0 Å². The van der Waals surface area contributed by atoms with E-state index < -0.39 is 30.3 Å². The average molecular weight is 452 g/mol. The molecule has 0 unspecified atom stereocenters. The second kappa shape index (κ2) is 10.2. The first-order valence-electron chi connectivity index (χ1n) is 10.8. The van der Waals surface area contributed by atoms with Crippen LogP contribution in [0.5, 0.6) is 11.5 Å². The Hall–Kier alpha value is -3.88. The highest BCUT2D eigenvalue weighted by molar-refractivity contribution is 6.14. The summed E-state index contributed by atoms with van der Waals surface area (Å²) in [5, 5.41) is 4.86. The van der Waals surface area contributed by atoms with E-state index in [0.717, 1.165) is 25.7 Å². The van der Waals surface area contributed by atoms with Gasteiger partial charge in [0.1, 0.15) is 13.2 Å². The maximum absolute atomic E-state index is 13.1. The number of amides is 3. The molecule has 2 N–H and O–H groups in total. The highest BCUT2D eigenvalue weighted by Gasteiger charge is 2.23. The summed E-state index contributed by atoms with van der Waals surface area (Å²) in [5.74, 6) is -0.995. The number of hydrogen-bond acceptors (Lipinski definition) is 7. The van der Waals surface area contributed by atoms with Gasteiger partial charge in [-0.25, -0.2) is 9.59 Å². The molecule has 1 saturated carbocycles. The summed E-state index contributed by atoms with van der Waals surface area (Å²) < 4.78 is 16.0. The Labute approximate surface area is 190 Å². The first kappa shape index (κ1) is 22.3. The summed E-state index contributed by atoms with van der Waals surface area (Å²) in [6, 6.07) is 10.4. The summed E-state index contributed by atoms with van der Waals surface area (Å²) in [4.78, 5) is 49.5. The zero-order chi connectivity index (χ0) is 23.2. The largest absolute Gasteiger partial charge is 0.486 e. The summed E-state index contributed by atoms with van der Waals surface area (Å²) >= 11 is 0. The fourth-order valence-electron chi connectivity index (χ4n) is 3.86. The molecule has 3 amide bonds. The summed E-state index contributed by atoms with van der Waals surface area (Å²) in [7, 11) is 0. The minimum Gasteiger partial charge on any atom is -0.486 e. The lowest BCUT2D eigenvalue weighted by Crippen LogP contribution is -2.45. The molecule has 0 bridgehead atoms. The first-order chi connectivity index (χ1) is 16.0. The van der Waals surface area contributed by atoms with E-state index in [0.29, 0.717) is 30.3 Å². The molecule has 1 aliphatic heterocycles. The van der Waals surface area contributed by atoms with Crippen molar-refractivity contribution in [2.24, 2.45) is 0 Å². The number of benzene rings is 2. The zero-order valence-corrected chi connectivity index (χ0v) is 17.9. The third kappa shape index (κ3) is 5.49. The first-order valence-corrected chi connectivity index (χ1v) is 10.8.